The first-order chi connectivity index (χ1) is 7.11. The summed E-state index contributed by atoms with van der Waals surface area (Å²) >= 11 is 0. The summed E-state index contributed by atoms with van der Waals surface area (Å²) in [4.78, 5) is 12.9. The largest absolute Gasteiger partial charge is 0.481 e. The Morgan fingerprint density at radius 1 is 1.67 bits per heavy atom. The molecule has 4 heteroatoms. The van der Waals surface area contributed by atoms with Crippen molar-refractivity contribution in [3.05, 3.63) is 12.7 Å². The summed E-state index contributed by atoms with van der Waals surface area (Å²) in [5.74, 6) is -0.177. The smallest absolute Gasteiger partial charge is 0.304 e. The van der Waals surface area contributed by atoms with Gasteiger partial charge in [-0.25, -0.2) is 0 Å². The van der Waals surface area contributed by atoms with Crippen LogP contribution < -0.4 is 5.32 Å². The summed E-state index contributed by atoms with van der Waals surface area (Å²) in [6.07, 6.45) is 2.07. The Bertz CT molecular complexity index is 231. The van der Waals surface area contributed by atoms with Crippen LogP contribution in [0.25, 0.3) is 0 Å². The third-order valence-electron chi connectivity index (χ3n) is 2.61. The molecule has 2 atom stereocenters. The van der Waals surface area contributed by atoms with Gasteiger partial charge in [-0.15, -0.1) is 6.58 Å². The lowest BCUT2D eigenvalue weighted by Gasteiger charge is -2.22. The Kier molecular flexibility index (Phi) is 4.78. The van der Waals surface area contributed by atoms with E-state index in [0.717, 1.165) is 26.2 Å². The minimum absolute atomic E-state index is 0.0624. The van der Waals surface area contributed by atoms with Crippen molar-refractivity contribution in [1.82, 2.24) is 10.2 Å². The topological polar surface area (TPSA) is 52.6 Å². The zero-order chi connectivity index (χ0) is 11.3. The van der Waals surface area contributed by atoms with Crippen molar-refractivity contribution in [1.29, 1.82) is 0 Å². The second-order valence-corrected chi connectivity index (χ2v) is 4.32. The molecule has 4 nitrogen and oxygen atoms in total. The average molecular weight is 212 g/mol. The molecule has 1 saturated heterocycles. The van der Waals surface area contributed by atoms with Gasteiger partial charge in [0.2, 0.25) is 0 Å². The number of aliphatic carboxylic acids is 1. The van der Waals surface area contributed by atoms with Gasteiger partial charge in [-0.05, 0) is 12.5 Å². The van der Waals surface area contributed by atoms with E-state index >= 15 is 0 Å². The molecule has 0 radical (unpaired) electrons. The highest BCUT2D eigenvalue weighted by Gasteiger charge is 2.22. The number of carboxylic acids is 1. The predicted octanol–water partition coefficient (Wildman–Crippen LogP) is 0.557. The fourth-order valence-corrected chi connectivity index (χ4v) is 2.00. The minimum atomic E-state index is -0.736. The third-order valence-corrected chi connectivity index (χ3v) is 2.61. The number of hydrogen-bond donors (Lipinski definition) is 2. The lowest BCUT2D eigenvalue weighted by Crippen LogP contribution is -2.39. The summed E-state index contributed by atoms with van der Waals surface area (Å²) in [6.45, 7) is 9.42. The Labute approximate surface area is 91.0 Å². The standard InChI is InChI=1S/C11H20N2O2/c1-3-4-13-7-9(2)6-12-10(8-13)5-11(14)15/h3,9-10,12H,1,4-8H2,2H3,(H,14,15). The van der Waals surface area contributed by atoms with Crippen molar-refractivity contribution in [2.45, 2.75) is 19.4 Å². The van der Waals surface area contributed by atoms with E-state index in [-0.39, 0.29) is 12.5 Å². The molecule has 2 N–H and O–H groups in total. The fraction of sp³-hybridized carbons (Fsp3) is 0.727. The first kappa shape index (κ1) is 12.2. The number of hydrogen-bond acceptors (Lipinski definition) is 3. The van der Waals surface area contributed by atoms with E-state index in [1.807, 2.05) is 6.08 Å². The van der Waals surface area contributed by atoms with Crippen LogP contribution in [0.3, 0.4) is 0 Å². The molecule has 0 spiro atoms. The van der Waals surface area contributed by atoms with Crippen molar-refractivity contribution in [3.8, 4) is 0 Å². The van der Waals surface area contributed by atoms with Crippen molar-refractivity contribution in [2.75, 3.05) is 26.2 Å². The summed E-state index contributed by atoms with van der Waals surface area (Å²) in [5, 5.41) is 12.1. The Hall–Kier alpha value is -0.870. The molecule has 1 rings (SSSR count). The maximum Gasteiger partial charge on any atom is 0.304 e. The summed E-state index contributed by atoms with van der Waals surface area (Å²) in [5.41, 5.74) is 0. The molecule has 1 heterocycles. The van der Waals surface area contributed by atoms with Crippen LogP contribution in [0.15, 0.2) is 12.7 Å². The molecule has 0 amide bonds. The van der Waals surface area contributed by atoms with Crippen LogP contribution in [0, 0.1) is 5.92 Å². The Morgan fingerprint density at radius 3 is 3.00 bits per heavy atom. The van der Waals surface area contributed by atoms with Crippen LogP contribution in [-0.4, -0.2) is 48.2 Å². The normalized spacial score (nSPS) is 28.3. The monoisotopic (exact) mass is 212 g/mol. The molecule has 2 unspecified atom stereocenters. The maximum absolute atomic E-state index is 10.6. The predicted molar refractivity (Wildman–Crippen MR) is 59.8 cm³/mol. The number of nitrogens with one attached hydrogen (secondary N) is 1. The number of nitrogens with zero attached hydrogens (tertiary/aromatic N) is 1. The first-order valence-corrected chi connectivity index (χ1v) is 5.40. The quantitative estimate of drug-likeness (QED) is 0.668. The molecular formula is C11H20N2O2. The van der Waals surface area contributed by atoms with E-state index in [9.17, 15) is 4.79 Å². The van der Waals surface area contributed by atoms with Gasteiger partial charge in [-0.1, -0.05) is 13.0 Å². The molecule has 0 bridgehead atoms. The van der Waals surface area contributed by atoms with Crippen molar-refractivity contribution in [3.63, 3.8) is 0 Å². The van der Waals surface area contributed by atoms with Gasteiger partial charge in [0.15, 0.2) is 0 Å². The van der Waals surface area contributed by atoms with Gasteiger partial charge in [0.25, 0.3) is 0 Å². The van der Waals surface area contributed by atoms with Crippen LogP contribution in [0.4, 0.5) is 0 Å². The zero-order valence-corrected chi connectivity index (χ0v) is 9.28. The third kappa shape index (κ3) is 4.44. The second kappa shape index (κ2) is 5.88. The molecule has 1 aliphatic rings. The highest BCUT2D eigenvalue weighted by Crippen LogP contribution is 2.08. The van der Waals surface area contributed by atoms with Gasteiger partial charge in [0, 0.05) is 25.7 Å². The van der Waals surface area contributed by atoms with E-state index in [1.165, 1.54) is 0 Å². The maximum atomic E-state index is 10.6. The van der Waals surface area contributed by atoms with Crippen molar-refractivity contribution in [2.24, 2.45) is 5.92 Å². The van der Waals surface area contributed by atoms with E-state index in [1.54, 1.807) is 0 Å². The van der Waals surface area contributed by atoms with Gasteiger partial charge >= 0.3 is 5.97 Å². The lowest BCUT2D eigenvalue weighted by molar-refractivity contribution is -0.137. The van der Waals surface area contributed by atoms with E-state index in [0.29, 0.717) is 5.92 Å². The van der Waals surface area contributed by atoms with Crippen LogP contribution in [0.2, 0.25) is 0 Å². The van der Waals surface area contributed by atoms with Gasteiger partial charge in [-0.3, -0.25) is 9.69 Å². The SMILES string of the molecule is C=CCN1CC(C)CNC(CC(=O)O)C1. The van der Waals surface area contributed by atoms with E-state index in [2.05, 4.69) is 23.7 Å². The summed E-state index contributed by atoms with van der Waals surface area (Å²) < 4.78 is 0. The lowest BCUT2D eigenvalue weighted by atomic mass is 10.2. The van der Waals surface area contributed by atoms with Crippen LogP contribution in [-0.2, 0) is 4.79 Å². The first-order valence-electron chi connectivity index (χ1n) is 5.40. The minimum Gasteiger partial charge on any atom is -0.481 e. The highest BCUT2D eigenvalue weighted by atomic mass is 16.4. The molecule has 15 heavy (non-hydrogen) atoms. The van der Waals surface area contributed by atoms with E-state index in [4.69, 9.17) is 5.11 Å². The summed E-state index contributed by atoms with van der Waals surface area (Å²) in [6, 6.07) is 0.0624. The second-order valence-electron chi connectivity index (χ2n) is 4.32. The molecule has 1 fully saturated rings. The zero-order valence-electron chi connectivity index (χ0n) is 9.28. The average Bonchev–Trinajstić information content (AvgIpc) is 2.28. The number of rotatable bonds is 4. The van der Waals surface area contributed by atoms with Crippen LogP contribution >= 0.6 is 0 Å². The Morgan fingerprint density at radius 2 is 2.40 bits per heavy atom. The highest BCUT2D eigenvalue weighted by molar-refractivity contribution is 5.67. The molecule has 0 aromatic rings. The number of carbonyl (C=O) groups is 1. The number of carboxylic acid groups (broad SMARTS) is 1. The van der Waals surface area contributed by atoms with Gasteiger partial charge in [0.1, 0.15) is 0 Å². The molecule has 0 aromatic heterocycles. The van der Waals surface area contributed by atoms with Crippen molar-refractivity contribution < 1.29 is 9.90 Å². The molecule has 0 aliphatic carbocycles. The molecule has 86 valence electrons. The van der Waals surface area contributed by atoms with Gasteiger partial charge in [-0.2, -0.15) is 0 Å². The molecule has 0 saturated carbocycles. The molecular weight excluding hydrogens is 192 g/mol. The van der Waals surface area contributed by atoms with Crippen molar-refractivity contribution >= 4 is 5.97 Å². The molecule has 0 aromatic carbocycles. The Balaban J connectivity index is 2.51. The van der Waals surface area contributed by atoms with E-state index < -0.39 is 5.97 Å². The van der Waals surface area contributed by atoms with Crippen LogP contribution in [0.5, 0.6) is 0 Å². The van der Waals surface area contributed by atoms with Gasteiger partial charge < -0.3 is 10.4 Å². The summed E-state index contributed by atoms with van der Waals surface area (Å²) in [7, 11) is 0. The van der Waals surface area contributed by atoms with Crippen LogP contribution in [0.1, 0.15) is 13.3 Å². The van der Waals surface area contributed by atoms with Gasteiger partial charge in [0.05, 0.1) is 6.42 Å². The molecule has 1 aliphatic heterocycles. The fourth-order valence-electron chi connectivity index (χ4n) is 2.00.